The number of hydrogen-bond donors (Lipinski definition) is 0. The highest BCUT2D eigenvalue weighted by molar-refractivity contribution is 5.22. The van der Waals surface area contributed by atoms with Gasteiger partial charge in [-0.2, -0.15) is 0 Å². The minimum absolute atomic E-state index is 0.883. The molecule has 0 N–H and O–H groups in total. The highest BCUT2D eigenvalue weighted by atomic mass is 14.1. The molecule has 0 heteroatoms. The quantitative estimate of drug-likeness (QED) is 0.596. The normalized spacial score (nSPS) is 11.7. The molecule has 0 amide bonds. The van der Waals surface area contributed by atoms with Crippen LogP contribution in [0.3, 0.4) is 0 Å². The van der Waals surface area contributed by atoms with Crippen LogP contribution in [0.5, 0.6) is 0 Å². The molecule has 0 bridgehead atoms. The minimum Gasteiger partial charge on any atom is -0.0654 e. The standard InChI is InChI=1S/C19H28/c1-4-12-18(5-2)15-16-19-14-11-9-7-6-8-10-13-17(19)3/h6-11,13-14,18H,4-5,12,15-16H2,1-3H3. The number of rotatable bonds is 6. The van der Waals surface area contributed by atoms with Crippen LogP contribution in [-0.2, 0) is 6.42 Å². The fourth-order valence-electron chi connectivity index (χ4n) is 2.47. The lowest BCUT2D eigenvalue weighted by atomic mass is 9.92. The number of aryl methyl sites for hydroxylation is 2. The Kier molecular flexibility index (Phi) is 7.97. The van der Waals surface area contributed by atoms with Crippen LogP contribution < -0.4 is 0 Å². The van der Waals surface area contributed by atoms with Gasteiger partial charge in [0, 0.05) is 0 Å². The maximum atomic E-state index is 2.32. The predicted molar refractivity (Wildman–Crippen MR) is 85.8 cm³/mol. The topological polar surface area (TPSA) is 0 Å². The van der Waals surface area contributed by atoms with Crippen LogP contribution in [0.15, 0.2) is 48.5 Å². The van der Waals surface area contributed by atoms with E-state index >= 15 is 0 Å². The monoisotopic (exact) mass is 256 g/mol. The summed E-state index contributed by atoms with van der Waals surface area (Å²) in [7, 11) is 0. The maximum absolute atomic E-state index is 2.32. The van der Waals surface area contributed by atoms with Crippen molar-refractivity contribution in [2.75, 3.05) is 0 Å². The summed E-state index contributed by atoms with van der Waals surface area (Å²) in [5.74, 6) is 0.883. The van der Waals surface area contributed by atoms with Gasteiger partial charge < -0.3 is 0 Å². The highest BCUT2D eigenvalue weighted by Gasteiger charge is 2.05. The lowest BCUT2D eigenvalue weighted by Crippen LogP contribution is -2.01. The summed E-state index contributed by atoms with van der Waals surface area (Å²) in [5, 5.41) is 0. The van der Waals surface area contributed by atoms with Crippen molar-refractivity contribution in [2.24, 2.45) is 5.92 Å². The van der Waals surface area contributed by atoms with Gasteiger partial charge in [-0.05, 0) is 36.8 Å². The van der Waals surface area contributed by atoms with E-state index in [1.165, 1.54) is 43.2 Å². The molecule has 1 unspecified atom stereocenters. The van der Waals surface area contributed by atoms with Gasteiger partial charge >= 0.3 is 0 Å². The second-order valence-corrected chi connectivity index (χ2v) is 5.30. The van der Waals surface area contributed by atoms with Gasteiger partial charge in [0.2, 0.25) is 0 Å². The molecule has 0 spiro atoms. The van der Waals surface area contributed by atoms with Crippen LogP contribution in [0.2, 0.25) is 0 Å². The second-order valence-electron chi connectivity index (χ2n) is 5.30. The van der Waals surface area contributed by atoms with E-state index in [9.17, 15) is 0 Å². The van der Waals surface area contributed by atoms with Gasteiger partial charge in [-0.15, -0.1) is 0 Å². The van der Waals surface area contributed by atoms with Crippen LogP contribution in [0.4, 0.5) is 0 Å². The summed E-state index contributed by atoms with van der Waals surface area (Å²) in [6.07, 6.45) is 6.49. The first-order valence-corrected chi connectivity index (χ1v) is 7.65. The highest BCUT2D eigenvalue weighted by Crippen LogP contribution is 2.19. The summed E-state index contributed by atoms with van der Waals surface area (Å²) in [6, 6.07) is 17.1. The summed E-state index contributed by atoms with van der Waals surface area (Å²) in [6.45, 7) is 6.82. The van der Waals surface area contributed by atoms with Crippen molar-refractivity contribution < 1.29 is 0 Å². The Morgan fingerprint density at radius 2 is 1.47 bits per heavy atom. The summed E-state index contributed by atoms with van der Waals surface area (Å²) in [5.41, 5.74) is 2.87. The third-order valence-electron chi connectivity index (χ3n) is 3.80. The van der Waals surface area contributed by atoms with Crippen molar-refractivity contribution in [3.05, 3.63) is 59.7 Å². The van der Waals surface area contributed by atoms with Gasteiger partial charge in [0.15, 0.2) is 0 Å². The molecule has 0 aliphatic heterocycles. The van der Waals surface area contributed by atoms with Crippen molar-refractivity contribution in [3.63, 3.8) is 0 Å². The summed E-state index contributed by atoms with van der Waals surface area (Å²) >= 11 is 0. The van der Waals surface area contributed by atoms with E-state index in [4.69, 9.17) is 0 Å². The average Bonchev–Trinajstić information content (AvgIpc) is 2.43. The fourth-order valence-corrected chi connectivity index (χ4v) is 2.47. The third-order valence-corrected chi connectivity index (χ3v) is 3.80. The summed E-state index contributed by atoms with van der Waals surface area (Å²) < 4.78 is 0. The van der Waals surface area contributed by atoms with E-state index in [1.807, 2.05) is 0 Å². The molecule has 0 radical (unpaired) electrons. The molecule has 1 atom stereocenters. The Labute approximate surface area is 119 Å². The molecule has 1 rings (SSSR count). The zero-order valence-corrected chi connectivity index (χ0v) is 12.7. The summed E-state index contributed by atoms with van der Waals surface area (Å²) in [4.78, 5) is 0. The van der Waals surface area contributed by atoms with E-state index in [0.29, 0.717) is 0 Å². The first-order valence-electron chi connectivity index (χ1n) is 7.65. The molecule has 0 nitrogen and oxygen atoms in total. The van der Waals surface area contributed by atoms with Gasteiger partial charge in [-0.1, -0.05) is 81.6 Å². The van der Waals surface area contributed by atoms with Crippen molar-refractivity contribution >= 4 is 0 Å². The molecule has 0 fully saturated rings. The van der Waals surface area contributed by atoms with Crippen LogP contribution in [0, 0.1) is 12.8 Å². The fraction of sp³-hybridized carbons (Fsp3) is 0.474. The third kappa shape index (κ3) is 6.42. The molecule has 19 heavy (non-hydrogen) atoms. The van der Waals surface area contributed by atoms with E-state index in [-0.39, 0.29) is 0 Å². The molecule has 0 aliphatic carbocycles. The van der Waals surface area contributed by atoms with Crippen molar-refractivity contribution in [3.8, 4) is 0 Å². The Morgan fingerprint density at radius 3 is 2.11 bits per heavy atom. The Hall–Kier alpha value is -1.30. The van der Waals surface area contributed by atoms with Gasteiger partial charge in [0.1, 0.15) is 0 Å². The molecule has 1 aromatic carbocycles. The molecular weight excluding hydrogens is 228 g/mol. The lowest BCUT2D eigenvalue weighted by Gasteiger charge is -2.13. The Balaban J connectivity index is 2.82. The van der Waals surface area contributed by atoms with Crippen LogP contribution in [-0.4, -0.2) is 0 Å². The molecule has 1 aromatic rings. The van der Waals surface area contributed by atoms with Crippen LogP contribution in [0.25, 0.3) is 0 Å². The minimum atomic E-state index is 0.883. The second kappa shape index (κ2) is 9.61. The SMILES string of the molecule is CCCC(CC)CCc1ccccccccc1C. The van der Waals surface area contributed by atoms with Crippen LogP contribution >= 0.6 is 0 Å². The van der Waals surface area contributed by atoms with Gasteiger partial charge in [-0.3, -0.25) is 0 Å². The first-order chi connectivity index (χ1) is 9.27. The zero-order chi connectivity index (χ0) is 13.9. The largest absolute Gasteiger partial charge is 0.0654 e. The lowest BCUT2D eigenvalue weighted by molar-refractivity contribution is 0.432. The average molecular weight is 256 g/mol. The van der Waals surface area contributed by atoms with E-state index in [1.54, 1.807) is 0 Å². The van der Waals surface area contributed by atoms with Crippen molar-refractivity contribution in [1.82, 2.24) is 0 Å². The van der Waals surface area contributed by atoms with Gasteiger partial charge in [0.25, 0.3) is 0 Å². The Bertz CT molecular complexity index is 405. The Morgan fingerprint density at radius 1 is 0.842 bits per heavy atom. The van der Waals surface area contributed by atoms with Gasteiger partial charge in [0.05, 0.1) is 0 Å². The molecule has 0 saturated carbocycles. The van der Waals surface area contributed by atoms with Crippen molar-refractivity contribution in [2.45, 2.75) is 52.9 Å². The first kappa shape index (κ1) is 15.8. The molecule has 0 aliphatic rings. The smallest absolute Gasteiger partial charge is 0.0274 e. The predicted octanol–water partition coefficient (Wildman–Crippen LogP) is 5.88. The molecule has 0 heterocycles. The molecule has 0 aromatic heterocycles. The maximum Gasteiger partial charge on any atom is -0.0274 e. The van der Waals surface area contributed by atoms with E-state index < -0.39 is 0 Å². The van der Waals surface area contributed by atoms with Crippen LogP contribution in [0.1, 0.15) is 50.7 Å². The number of hydrogen-bond acceptors (Lipinski definition) is 0. The molecular formula is C19H28. The zero-order valence-electron chi connectivity index (χ0n) is 12.7. The van der Waals surface area contributed by atoms with E-state index in [0.717, 1.165) is 5.92 Å². The van der Waals surface area contributed by atoms with Gasteiger partial charge in [-0.25, -0.2) is 0 Å². The van der Waals surface area contributed by atoms with E-state index in [2.05, 4.69) is 69.3 Å². The molecule has 104 valence electrons. The molecule has 0 saturated heterocycles. The van der Waals surface area contributed by atoms with Crippen molar-refractivity contribution in [1.29, 1.82) is 0 Å².